The number of carbonyl (C=O) groups excluding carboxylic acids is 1. The first-order valence-electron chi connectivity index (χ1n) is 11.2. The number of pyridine rings is 2. The number of halogens is 3. The van der Waals surface area contributed by atoms with Crippen molar-refractivity contribution in [2.24, 2.45) is 0 Å². The average Bonchev–Trinajstić information content (AvgIpc) is 2.84. The molecule has 3 aromatic rings. The molecule has 0 bridgehead atoms. The zero-order chi connectivity index (χ0) is 24.7. The number of nitrogens with zero attached hydrogens (tertiary/aromatic N) is 3. The van der Waals surface area contributed by atoms with Crippen molar-refractivity contribution in [3.05, 3.63) is 71.3 Å². The first kappa shape index (κ1) is 23.3. The summed E-state index contributed by atoms with van der Waals surface area (Å²) in [6, 6.07) is 7.99. The Morgan fingerprint density at radius 1 is 1.20 bits per heavy atom. The van der Waals surface area contributed by atoms with Gasteiger partial charge in [0.2, 0.25) is 0 Å². The number of aromatic nitrogens is 2. The van der Waals surface area contributed by atoms with Crippen molar-refractivity contribution in [3.63, 3.8) is 0 Å². The van der Waals surface area contributed by atoms with E-state index >= 15 is 0 Å². The number of aliphatic hydroxyl groups is 1. The van der Waals surface area contributed by atoms with E-state index in [0.29, 0.717) is 48.8 Å². The lowest BCUT2D eigenvalue weighted by Gasteiger charge is -2.43. The number of aryl methyl sites for hydroxylation is 1. The molecule has 7 nitrogen and oxygen atoms in total. The Kier molecular flexibility index (Phi) is 5.94. The van der Waals surface area contributed by atoms with E-state index in [1.54, 1.807) is 12.3 Å². The van der Waals surface area contributed by atoms with Crippen LogP contribution in [0.4, 0.5) is 24.5 Å². The lowest BCUT2D eigenvalue weighted by molar-refractivity contribution is -0.137. The van der Waals surface area contributed by atoms with Gasteiger partial charge in [0.25, 0.3) is 5.91 Å². The molecule has 2 N–H and O–H groups in total. The van der Waals surface area contributed by atoms with Crippen LogP contribution >= 0.6 is 0 Å². The van der Waals surface area contributed by atoms with E-state index in [0.717, 1.165) is 23.4 Å². The minimum Gasteiger partial charge on any atom is -0.387 e. The van der Waals surface area contributed by atoms with Gasteiger partial charge in [-0.3, -0.25) is 14.8 Å². The number of fused-ring (bicyclic) bond motifs is 3. The van der Waals surface area contributed by atoms with Crippen LogP contribution in [-0.2, 0) is 10.9 Å². The number of nitrogens with one attached hydrogen (secondary N) is 1. The van der Waals surface area contributed by atoms with Crippen molar-refractivity contribution >= 4 is 17.3 Å². The summed E-state index contributed by atoms with van der Waals surface area (Å²) in [7, 11) is 0. The molecule has 4 heterocycles. The number of aliphatic hydroxyl groups excluding tert-OH is 1. The van der Waals surface area contributed by atoms with E-state index in [9.17, 15) is 23.1 Å². The molecule has 2 aliphatic heterocycles. The monoisotopic (exact) mass is 484 g/mol. The van der Waals surface area contributed by atoms with Gasteiger partial charge in [-0.05, 0) is 37.3 Å². The maximum absolute atomic E-state index is 13.0. The molecule has 2 atom stereocenters. The Balaban J connectivity index is 1.44. The van der Waals surface area contributed by atoms with Crippen LogP contribution in [0.3, 0.4) is 0 Å². The SMILES string of the molecule is Cc1ncc(NC(=O)c2cccc(C(F)(F)F)c2)cc1-c1cnc2c(c1)N1CCOCC1CC2O. The molecule has 1 amide bonds. The lowest BCUT2D eigenvalue weighted by Crippen LogP contribution is -2.49. The van der Waals surface area contributed by atoms with Gasteiger partial charge < -0.3 is 20.1 Å². The fourth-order valence-corrected chi connectivity index (χ4v) is 4.57. The highest BCUT2D eigenvalue weighted by atomic mass is 19.4. The average molecular weight is 484 g/mol. The zero-order valence-electron chi connectivity index (χ0n) is 18.8. The molecular formula is C25H23F3N4O3. The highest BCUT2D eigenvalue weighted by Crippen LogP contribution is 2.39. The molecule has 0 saturated carbocycles. The molecule has 10 heteroatoms. The quantitative estimate of drug-likeness (QED) is 0.574. The van der Waals surface area contributed by atoms with E-state index in [1.807, 2.05) is 13.0 Å². The number of anilines is 2. The normalized spacial score (nSPS) is 19.6. The van der Waals surface area contributed by atoms with Crippen LogP contribution in [-0.4, -0.2) is 46.8 Å². The Labute approximate surface area is 199 Å². The predicted molar refractivity (Wildman–Crippen MR) is 123 cm³/mol. The standard InChI is InChI=1S/C25H23F3N4O3/c1-14-20(16-8-21-23(30-11-16)22(33)10-19-13-35-6-5-32(19)21)9-18(12-29-14)31-24(34)15-3-2-4-17(7-15)25(26,27)28/h2-4,7-9,11-12,19,22,33H,5-6,10,13H2,1H3,(H,31,34). The van der Waals surface area contributed by atoms with Crippen molar-refractivity contribution in [1.29, 1.82) is 0 Å². The minimum absolute atomic E-state index is 0.0700. The van der Waals surface area contributed by atoms with Crippen LogP contribution in [0.2, 0.25) is 0 Å². The zero-order valence-corrected chi connectivity index (χ0v) is 18.8. The van der Waals surface area contributed by atoms with Crippen molar-refractivity contribution in [2.45, 2.75) is 31.7 Å². The maximum Gasteiger partial charge on any atom is 0.416 e. The first-order chi connectivity index (χ1) is 16.7. The minimum atomic E-state index is -4.54. The Bertz CT molecular complexity index is 1280. The third kappa shape index (κ3) is 4.59. The molecule has 1 fully saturated rings. The highest BCUT2D eigenvalue weighted by molar-refractivity contribution is 6.04. The van der Waals surface area contributed by atoms with Crippen LogP contribution in [0.15, 0.2) is 48.8 Å². The van der Waals surface area contributed by atoms with E-state index in [-0.39, 0.29) is 11.6 Å². The van der Waals surface area contributed by atoms with Crippen LogP contribution < -0.4 is 10.2 Å². The fraction of sp³-hybridized carbons (Fsp3) is 0.320. The van der Waals surface area contributed by atoms with Gasteiger partial charge >= 0.3 is 6.18 Å². The summed E-state index contributed by atoms with van der Waals surface area (Å²) < 4.78 is 44.6. The number of hydrogen-bond donors (Lipinski definition) is 2. The summed E-state index contributed by atoms with van der Waals surface area (Å²) in [6.07, 6.45) is -1.55. The molecule has 0 spiro atoms. The summed E-state index contributed by atoms with van der Waals surface area (Å²) in [6.45, 7) is 3.64. The van der Waals surface area contributed by atoms with E-state index < -0.39 is 23.8 Å². The van der Waals surface area contributed by atoms with Crippen molar-refractivity contribution in [2.75, 3.05) is 30.0 Å². The van der Waals surface area contributed by atoms with Crippen LogP contribution in [0.1, 0.15) is 39.8 Å². The second-order valence-corrected chi connectivity index (χ2v) is 8.69. The highest BCUT2D eigenvalue weighted by Gasteiger charge is 2.35. The van der Waals surface area contributed by atoms with Gasteiger partial charge in [0.05, 0.1) is 48.1 Å². The van der Waals surface area contributed by atoms with E-state index in [2.05, 4.69) is 20.2 Å². The van der Waals surface area contributed by atoms with Crippen molar-refractivity contribution < 1.29 is 27.8 Å². The Hall–Kier alpha value is -3.50. The van der Waals surface area contributed by atoms with Crippen molar-refractivity contribution in [1.82, 2.24) is 9.97 Å². The van der Waals surface area contributed by atoms with Crippen LogP contribution in [0.25, 0.3) is 11.1 Å². The van der Waals surface area contributed by atoms with Gasteiger partial charge in [0.15, 0.2) is 0 Å². The number of morpholine rings is 1. The molecule has 35 heavy (non-hydrogen) atoms. The number of carbonyl (C=O) groups is 1. The molecular weight excluding hydrogens is 461 g/mol. The Morgan fingerprint density at radius 2 is 2.03 bits per heavy atom. The topological polar surface area (TPSA) is 87.6 Å². The van der Waals surface area contributed by atoms with Gasteiger partial charge in [-0.25, -0.2) is 0 Å². The molecule has 182 valence electrons. The number of hydrogen-bond acceptors (Lipinski definition) is 6. The smallest absolute Gasteiger partial charge is 0.387 e. The molecule has 2 aliphatic rings. The lowest BCUT2D eigenvalue weighted by atomic mass is 9.94. The molecule has 1 aromatic carbocycles. The fourth-order valence-electron chi connectivity index (χ4n) is 4.57. The molecule has 1 saturated heterocycles. The largest absolute Gasteiger partial charge is 0.416 e. The summed E-state index contributed by atoms with van der Waals surface area (Å²) in [4.78, 5) is 23.7. The summed E-state index contributed by atoms with van der Waals surface area (Å²) >= 11 is 0. The summed E-state index contributed by atoms with van der Waals surface area (Å²) in [5.74, 6) is -0.671. The van der Waals surface area contributed by atoms with Gasteiger partial charge in [0.1, 0.15) is 6.10 Å². The molecule has 2 aromatic heterocycles. The number of rotatable bonds is 3. The number of benzene rings is 1. The van der Waals surface area contributed by atoms with E-state index in [1.165, 1.54) is 18.3 Å². The molecule has 5 rings (SSSR count). The second kappa shape index (κ2) is 8.94. The predicted octanol–water partition coefficient (Wildman–Crippen LogP) is 4.37. The third-order valence-corrected chi connectivity index (χ3v) is 6.35. The molecule has 0 aliphatic carbocycles. The van der Waals surface area contributed by atoms with Gasteiger partial charge in [-0.15, -0.1) is 0 Å². The number of alkyl halides is 3. The molecule has 2 unspecified atom stereocenters. The maximum atomic E-state index is 13.0. The van der Waals surface area contributed by atoms with Crippen LogP contribution in [0.5, 0.6) is 0 Å². The van der Waals surface area contributed by atoms with Gasteiger partial charge in [-0.2, -0.15) is 13.2 Å². The van der Waals surface area contributed by atoms with Crippen LogP contribution in [0, 0.1) is 6.92 Å². The number of amides is 1. The summed E-state index contributed by atoms with van der Waals surface area (Å²) in [5, 5.41) is 13.2. The number of ether oxygens (including phenoxy) is 1. The van der Waals surface area contributed by atoms with Crippen molar-refractivity contribution in [3.8, 4) is 11.1 Å². The van der Waals surface area contributed by atoms with Gasteiger partial charge in [0, 0.05) is 41.5 Å². The summed E-state index contributed by atoms with van der Waals surface area (Å²) in [5.41, 5.74) is 2.96. The molecule has 0 radical (unpaired) electrons. The van der Waals surface area contributed by atoms with E-state index in [4.69, 9.17) is 4.74 Å². The van der Waals surface area contributed by atoms with Gasteiger partial charge in [-0.1, -0.05) is 6.07 Å². The third-order valence-electron chi connectivity index (χ3n) is 6.35. The first-order valence-corrected chi connectivity index (χ1v) is 11.2. The Morgan fingerprint density at radius 3 is 2.83 bits per heavy atom. The second-order valence-electron chi connectivity index (χ2n) is 8.69.